The largest absolute Gasteiger partial charge is 0.490 e. The van der Waals surface area contributed by atoms with E-state index in [4.69, 9.17) is 16.3 Å². The summed E-state index contributed by atoms with van der Waals surface area (Å²) in [5, 5.41) is 6.47. The van der Waals surface area contributed by atoms with Crippen molar-refractivity contribution >= 4 is 28.9 Å². The van der Waals surface area contributed by atoms with Crippen LogP contribution in [0.25, 0.3) is 0 Å². The lowest BCUT2D eigenvalue weighted by molar-refractivity contribution is 0.102. The van der Waals surface area contributed by atoms with Crippen LogP contribution in [0, 0.1) is 17.3 Å². The van der Waals surface area contributed by atoms with Gasteiger partial charge in [0.1, 0.15) is 12.4 Å². The van der Waals surface area contributed by atoms with E-state index in [9.17, 15) is 4.79 Å². The fraction of sp³-hybridized carbons (Fsp3) is 0.286. The van der Waals surface area contributed by atoms with Crippen LogP contribution in [-0.4, -0.2) is 19.1 Å². The number of anilines is 2. The molecule has 0 saturated heterocycles. The summed E-state index contributed by atoms with van der Waals surface area (Å²) in [5.74, 6) is 6.70. The molecule has 0 aromatic heterocycles. The van der Waals surface area contributed by atoms with E-state index in [1.54, 1.807) is 24.3 Å². The summed E-state index contributed by atoms with van der Waals surface area (Å²) in [5.41, 5.74) is 2.69. The average Bonchev–Trinajstić information content (AvgIpc) is 2.59. The molecule has 0 radical (unpaired) electrons. The maximum Gasteiger partial charge on any atom is 0.257 e. The smallest absolute Gasteiger partial charge is 0.257 e. The molecule has 4 nitrogen and oxygen atoms in total. The predicted octanol–water partition coefficient (Wildman–Crippen LogP) is 4.79. The Morgan fingerprint density at radius 1 is 1.23 bits per heavy atom. The zero-order valence-electron chi connectivity index (χ0n) is 15.1. The topological polar surface area (TPSA) is 50.4 Å². The summed E-state index contributed by atoms with van der Waals surface area (Å²) in [6.45, 7) is 7.51. The zero-order chi connectivity index (χ0) is 18.7. The third-order valence-electron chi connectivity index (χ3n) is 3.71. The minimum Gasteiger partial charge on any atom is -0.490 e. The number of nitrogens with one attached hydrogen (secondary N) is 2. The van der Waals surface area contributed by atoms with Crippen molar-refractivity contribution in [2.45, 2.75) is 20.8 Å². The molecule has 3 rings (SSSR count). The van der Waals surface area contributed by atoms with Gasteiger partial charge in [0.2, 0.25) is 0 Å². The normalized spacial score (nSPS) is 12.8. The molecule has 1 aliphatic heterocycles. The molecule has 1 aliphatic rings. The summed E-state index contributed by atoms with van der Waals surface area (Å²) in [4.78, 5) is 12.5. The molecular weight excluding hydrogens is 348 g/mol. The lowest BCUT2D eigenvalue weighted by Crippen LogP contribution is -2.18. The van der Waals surface area contributed by atoms with Gasteiger partial charge in [0, 0.05) is 29.3 Å². The van der Waals surface area contributed by atoms with Crippen molar-refractivity contribution in [1.82, 2.24) is 0 Å². The second-order valence-corrected chi connectivity index (χ2v) is 7.54. The quantitative estimate of drug-likeness (QED) is 0.749. The number of ether oxygens (including phenoxy) is 1. The van der Waals surface area contributed by atoms with Crippen LogP contribution in [0.1, 0.15) is 36.7 Å². The molecule has 26 heavy (non-hydrogen) atoms. The predicted molar refractivity (Wildman–Crippen MR) is 106 cm³/mol. The number of rotatable bonds is 2. The molecule has 0 bridgehead atoms. The summed E-state index contributed by atoms with van der Waals surface area (Å²) in [6.07, 6.45) is 0. The van der Waals surface area contributed by atoms with Crippen LogP contribution in [0.15, 0.2) is 36.4 Å². The highest BCUT2D eigenvalue weighted by molar-refractivity contribution is 6.34. The third-order valence-corrected chi connectivity index (χ3v) is 4.02. The van der Waals surface area contributed by atoms with Crippen LogP contribution >= 0.6 is 11.6 Å². The van der Waals surface area contributed by atoms with Gasteiger partial charge in [-0.2, -0.15) is 0 Å². The lowest BCUT2D eigenvalue weighted by Gasteiger charge is -2.19. The minimum absolute atomic E-state index is 0.0914. The van der Waals surface area contributed by atoms with Crippen molar-refractivity contribution in [3.63, 3.8) is 0 Å². The highest BCUT2D eigenvalue weighted by atomic mass is 35.5. The second-order valence-electron chi connectivity index (χ2n) is 7.13. The molecule has 1 heterocycles. The number of fused-ring (bicyclic) bond motifs is 1. The van der Waals surface area contributed by atoms with Gasteiger partial charge in [-0.15, -0.1) is 0 Å². The first kappa shape index (κ1) is 18.2. The molecule has 0 fully saturated rings. The first-order valence-electron chi connectivity index (χ1n) is 8.47. The molecule has 1 amide bonds. The molecule has 134 valence electrons. The van der Waals surface area contributed by atoms with Crippen molar-refractivity contribution in [3.8, 4) is 17.6 Å². The first-order valence-corrected chi connectivity index (χ1v) is 8.84. The van der Waals surface area contributed by atoms with Crippen molar-refractivity contribution in [1.29, 1.82) is 0 Å². The van der Waals surface area contributed by atoms with E-state index in [1.807, 2.05) is 32.9 Å². The molecule has 0 atom stereocenters. The number of hydrogen-bond donors (Lipinski definition) is 2. The van der Waals surface area contributed by atoms with Gasteiger partial charge in [0.25, 0.3) is 5.91 Å². The molecule has 2 N–H and O–H groups in total. The number of hydrogen-bond acceptors (Lipinski definition) is 3. The Bertz CT molecular complexity index is 904. The summed E-state index contributed by atoms with van der Waals surface area (Å²) >= 11 is 6.29. The summed E-state index contributed by atoms with van der Waals surface area (Å²) in [6, 6.07) is 10.7. The highest BCUT2D eigenvalue weighted by Gasteiger charge is 2.14. The van der Waals surface area contributed by atoms with Crippen LogP contribution in [0.2, 0.25) is 5.02 Å². The van der Waals surface area contributed by atoms with Gasteiger partial charge >= 0.3 is 0 Å². The minimum atomic E-state index is -0.269. The Kier molecular flexibility index (Phi) is 5.11. The second kappa shape index (κ2) is 7.31. The lowest BCUT2D eigenvalue weighted by atomic mass is 9.97. The van der Waals surface area contributed by atoms with Gasteiger partial charge in [-0.25, -0.2) is 0 Å². The molecule has 0 unspecified atom stereocenters. The van der Waals surface area contributed by atoms with Crippen LogP contribution in [0.5, 0.6) is 5.75 Å². The van der Waals surface area contributed by atoms with Crippen LogP contribution < -0.4 is 15.4 Å². The first-order chi connectivity index (χ1) is 12.3. The van der Waals surface area contributed by atoms with Crippen LogP contribution in [-0.2, 0) is 0 Å². The summed E-state index contributed by atoms with van der Waals surface area (Å²) < 4.78 is 5.59. The standard InChI is InChI=1S/C21H21ClN2O2/c1-21(2,3)9-8-14-4-6-16(17(22)12-14)20(25)24-15-5-7-18-19(13-15)26-11-10-23-18/h4-7,12-13,23H,10-11H2,1-3H3,(H,24,25). The Labute approximate surface area is 158 Å². The van der Waals surface area contributed by atoms with Gasteiger partial charge < -0.3 is 15.4 Å². The zero-order valence-corrected chi connectivity index (χ0v) is 15.8. The summed E-state index contributed by atoms with van der Waals surface area (Å²) in [7, 11) is 0. The van der Waals surface area contributed by atoms with E-state index >= 15 is 0 Å². The van der Waals surface area contributed by atoms with Crippen molar-refractivity contribution in [2.24, 2.45) is 5.41 Å². The number of benzene rings is 2. The van der Waals surface area contributed by atoms with E-state index < -0.39 is 0 Å². The molecule has 0 saturated carbocycles. The maximum atomic E-state index is 12.5. The van der Waals surface area contributed by atoms with E-state index in [2.05, 4.69) is 22.5 Å². The van der Waals surface area contributed by atoms with Crippen LogP contribution in [0.4, 0.5) is 11.4 Å². The third kappa shape index (κ3) is 4.50. The molecule has 2 aromatic carbocycles. The van der Waals surface area contributed by atoms with E-state index in [1.165, 1.54) is 0 Å². The van der Waals surface area contributed by atoms with E-state index in [0.29, 0.717) is 22.9 Å². The maximum absolute atomic E-state index is 12.5. The van der Waals surface area contributed by atoms with Gasteiger partial charge in [0.15, 0.2) is 0 Å². The number of halogens is 1. The van der Waals surface area contributed by atoms with Gasteiger partial charge in [0.05, 0.1) is 16.3 Å². The van der Waals surface area contributed by atoms with Gasteiger partial charge in [-0.1, -0.05) is 23.4 Å². The molecule has 5 heteroatoms. The fourth-order valence-corrected chi connectivity index (χ4v) is 2.71. The number of amides is 1. The number of carbonyl (C=O) groups excluding carboxylic acids is 1. The van der Waals surface area contributed by atoms with E-state index in [0.717, 1.165) is 23.5 Å². The Morgan fingerprint density at radius 2 is 2.04 bits per heavy atom. The SMILES string of the molecule is CC(C)(C)C#Cc1ccc(C(=O)Nc2ccc3c(c2)OCCN3)c(Cl)c1. The molecule has 0 aliphatic carbocycles. The van der Waals surface area contributed by atoms with Crippen molar-refractivity contribution in [3.05, 3.63) is 52.5 Å². The molecular formula is C21H21ClN2O2. The van der Waals surface area contributed by atoms with Gasteiger partial charge in [-0.05, 0) is 51.1 Å². The monoisotopic (exact) mass is 368 g/mol. The van der Waals surface area contributed by atoms with Crippen molar-refractivity contribution in [2.75, 3.05) is 23.8 Å². The van der Waals surface area contributed by atoms with Crippen LogP contribution in [0.3, 0.4) is 0 Å². The molecule has 2 aromatic rings. The van der Waals surface area contributed by atoms with E-state index in [-0.39, 0.29) is 11.3 Å². The van der Waals surface area contributed by atoms with Gasteiger partial charge in [-0.3, -0.25) is 4.79 Å². The fourth-order valence-electron chi connectivity index (χ4n) is 2.45. The van der Waals surface area contributed by atoms with Crippen molar-refractivity contribution < 1.29 is 9.53 Å². The Morgan fingerprint density at radius 3 is 2.77 bits per heavy atom. The average molecular weight is 369 g/mol. The Balaban J connectivity index is 1.76. The number of carbonyl (C=O) groups is 1. The molecule has 0 spiro atoms. The highest BCUT2D eigenvalue weighted by Crippen LogP contribution is 2.30. The Hall–Kier alpha value is -2.64.